The summed E-state index contributed by atoms with van der Waals surface area (Å²) in [7, 11) is -2.03. The van der Waals surface area contributed by atoms with E-state index in [0.717, 1.165) is 16.1 Å². The average molecular weight is 397 g/mol. The lowest BCUT2D eigenvalue weighted by atomic mass is 10.2. The minimum absolute atomic E-state index is 0.000853. The third kappa shape index (κ3) is 5.37. The summed E-state index contributed by atoms with van der Waals surface area (Å²) in [6, 6.07) is 11.9. The minimum Gasteiger partial charge on any atom is -0.495 e. The Morgan fingerprint density at radius 3 is 2.58 bits per heavy atom. The Morgan fingerprint density at radius 2 is 1.96 bits per heavy atom. The predicted molar refractivity (Wildman–Crippen MR) is 105 cm³/mol. The molecule has 140 valence electrons. The molecular formula is C18H21ClN2O4S. The summed E-state index contributed by atoms with van der Waals surface area (Å²) < 4.78 is 30.6. The Kier molecular flexibility index (Phi) is 6.50. The molecule has 0 unspecified atom stereocenters. The summed E-state index contributed by atoms with van der Waals surface area (Å²) >= 11 is 5.94. The van der Waals surface area contributed by atoms with E-state index in [-0.39, 0.29) is 18.9 Å². The van der Waals surface area contributed by atoms with Crippen molar-refractivity contribution >= 4 is 38.9 Å². The molecule has 0 radical (unpaired) electrons. The first-order chi connectivity index (χ1) is 12.2. The second-order valence-electron chi connectivity index (χ2n) is 5.82. The van der Waals surface area contributed by atoms with Gasteiger partial charge in [0.2, 0.25) is 15.9 Å². The lowest BCUT2D eigenvalue weighted by Gasteiger charge is -2.22. The van der Waals surface area contributed by atoms with Crippen molar-refractivity contribution in [3.8, 4) is 5.75 Å². The van der Waals surface area contributed by atoms with E-state index in [9.17, 15) is 13.2 Å². The number of nitrogens with one attached hydrogen (secondary N) is 1. The number of hydrogen-bond donors (Lipinski definition) is 1. The lowest BCUT2D eigenvalue weighted by Crippen LogP contribution is -2.33. The van der Waals surface area contributed by atoms with Gasteiger partial charge in [0.05, 0.1) is 24.7 Å². The van der Waals surface area contributed by atoms with Crippen molar-refractivity contribution in [1.29, 1.82) is 0 Å². The van der Waals surface area contributed by atoms with Gasteiger partial charge < -0.3 is 10.1 Å². The minimum atomic E-state index is -3.55. The first-order valence-electron chi connectivity index (χ1n) is 7.88. The SMILES string of the molecule is COc1ccc(C)cc1NC(=O)CCN(c1cccc(Cl)c1)S(C)(=O)=O. The van der Waals surface area contributed by atoms with Crippen LogP contribution in [0.1, 0.15) is 12.0 Å². The zero-order chi connectivity index (χ0) is 19.3. The maximum absolute atomic E-state index is 12.3. The first kappa shape index (κ1) is 20.1. The number of nitrogens with zero attached hydrogens (tertiary/aromatic N) is 1. The van der Waals surface area contributed by atoms with Crippen molar-refractivity contribution in [3.63, 3.8) is 0 Å². The smallest absolute Gasteiger partial charge is 0.232 e. The van der Waals surface area contributed by atoms with Crippen molar-refractivity contribution in [2.45, 2.75) is 13.3 Å². The quantitative estimate of drug-likeness (QED) is 0.777. The number of sulfonamides is 1. The Morgan fingerprint density at radius 1 is 1.23 bits per heavy atom. The van der Waals surface area contributed by atoms with E-state index < -0.39 is 10.0 Å². The molecule has 2 aromatic rings. The van der Waals surface area contributed by atoms with Crippen LogP contribution in [-0.4, -0.2) is 34.2 Å². The molecule has 6 nitrogen and oxygen atoms in total. The Bertz CT molecular complexity index is 900. The third-order valence-electron chi connectivity index (χ3n) is 3.67. The molecule has 0 heterocycles. The monoisotopic (exact) mass is 396 g/mol. The molecule has 1 N–H and O–H groups in total. The first-order valence-corrected chi connectivity index (χ1v) is 10.1. The van der Waals surface area contributed by atoms with Gasteiger partial charge in [-0.25, -0.2) is 8.42 Å². The number of anilines is 2. The molecule has 0 aliphatic heterocycles. The van der Waals surface area contributed by atoms with Crippen molar-refractivity contribution in [3.05, 3.63) is 53.1 Å². The van der Waals surface area contributed by atoms with E-state index >= 15 is 0 Å². The van der Waals surface area contributed by atoms with Crippen LogP contribution in [0.15, 0.2) is 42.5 Å². The summed E-state index contributed by atoms with van der Waals surface area (Å²) in [6.45, 7) is 1.90. The fourth-order valence-corrected chi connectivity index (χ4v) is 3.56. The van der Waals surface area contributed by atoms with Gasteiger partial charge in [-0.2, -0.15) is 0 Å². The molecule has 2 aromatic carbocycles. The highest BCUT2D eigenvalue weighted by atomic mass is 35.5. The average Bonchev–Trinajstić information content (AvgIpc) is 2.54. The lowest BCUT2D eigenvalue weighted by molar-refractivity contribution is -0.116. The number of rotatable bonds is 7. The van der Waals surface area contributed by atoms with Gasteiger partial charge in [0.25, 0.3) is 0 Å². The van der Waals surface area contributed by atoms with Gasteiger partial charge in [0.1, 0.15) is 5.75 Å². The molecule has 0 aliphatic carbocycles. The van der Waals surface area contributed by atoms with Gasteiger partial charge >= 0.3 is 0 Å². The summed E-state index contributed by atoms with van der Waals surface area (Å²) in [5.41, 5.74) is 1.94. The Balaban J connectivity index is 2.12. The van der Waals surface area contributed by atoms with Gasteiger partial charge in [0.15, 0.2) is 0 Å². The van der Waals surface area contributed by atoms with Crippen molar-refractivity contribution in [1.82, 2.24) is 0 Å². The molecule has 1 amide bonds. The normalized spacial score (nSPS) is 11.1. The van der Waals surface area contributed by atoms with Crippen LogP contribution in [0.5, 0.6) is 5.75 Å². The maximum atomic E-state index is 12.3. The van der Waals surface area contributed by atoms with Crippen LogP contribution < -0.4 is 14.4 Å². The van der Waals surface area contributed by atoms with Crippen molar-refractivity contribution < 1.29 is 17.9 Å². The van der Waals surface area contributed by atoms with Crippen molar-refractivity contribution in [2.75, 3.05) is 29.5 Å². The number of hydrogen-bond acceptors (Lipinski definition) is 4. The number of aryl methyl sites for hydroxylation is 1. The summed E-state index contributed by atoms with van der Waals surface area (Å²) in [5.74, 6) is 0.225. The molecule has 0 spiro atoms. The molecule has 0 atom stereocenters. The molecule has 0 bridgehead atoms. The predicted octanol–water partition coefficient (Wildman–Crippen LogP) is 3.45. The summed E-state index contributed by atoms with van der Waals surface area (Å²) in [4.78, 5) is 12.3. The molecule has 26 heavy (non-hydrogen) atoms. The molecule has 0 saturated heterocycles. The number of halogens is 1. The van der Waals surface area contributed by atoms with Crippen LogP contribution in [0.25, 0.3) is 0 Å². The fraction of sp³-hybridized carbons (Fsp3) is 0.278. The van der Waals surface area contributed by atoms with Gasteiger partial charge in [-0.05, 0) is 42.8 Å². The topological polar surface area (TPSA) is 75.7 Å². The van der Waals surface area contributed by atoms with Crippen molar-refractivity contribution in [2.24, 2.45) is 0 Å². The van der Waals surface area contributed by atoms with Gasteiger partial charge in [0, 0.05) is 18.0 Å². The standard InChI is InChI=1S/C18H21ClN2O4S/c1-13-7-8-17(25-2)16(11-13)20-18(22)9-10-21(26(3,23)24)15-6-4-5-14(19)12-15/h4-8,11-12H,9-10H2,1-3H3,(H,20,22). The second kappa shape index (κ2) is 8.42. The summed E-state index contributed by atoms with van der Waals surface area (Å²) in [5, 5.41) is 3.18. The maximum Gasteiger partial charge on any atom is 0.232 e. The van der Waals surface area contributed by atoms with Crippen LogP contribution in [0, 0.1) is 6.92 Å². The molecule has 2 rings (SSSR count). The fourth-order valence-electron chi connectivity index (χ4n) is 2.45. The van der Waals surface area contributed by atoms with Crippen LogP contribution >= 0.6 is 11.6 Å². The highest BCUT2D eigenvalue weighted by Gasteiger charge is 2.19. The van der Waals surface area contributed by atoms with E-state index in [2.05, 4.69) is 5.32 Å². The van der Waals surface area contributed by atoms with E-state index in [4.69, 9.17) is 16.3 Å². The number of ether oxygens (including phenoxy) is 1. The molecule has 0 aliphatic rings. The number of benzene rings is 2. The van der Waals surface area contributed by atoms with E-state index in [1.807, 2.05) is 13.0 Å². The zero-order valence-corrected chi connectivity index (χ0v) is 16.4. The van der Waals surface area contributed by atoms with Crippen LogP contribution in [-0.2, 0) is 14.8 Å². The zero-order valence-electron chi connectivity index (χ0n) is 14.8. The third-order valence-corrected chi connectivity index (χ3v) is 5.10. The van der Waals surface area contributed by atoms with E-state index in [0.29, 0.717) is 22.1 Å². The van der Waals surface area contributed by atoms with Gasteiger partial charge in [-0.15, -0.1) is 0 Å². The largest absolute Gasteiger partial charge is 0.495 e. The highest BCUT2D eigenvalue weighted by molar-refractivity contribution is 7.92. The number of methoxy groups -OCH3 is 1. The Hall–Kier alpha value is -2.25. The molecule has 0 aromatic heterocycles. The van der Waals surface area contributed by atoms with Crippen LogP contribution in [0.4, 0.5) is 11.4 Å². The van der Waals surface area contributed by atoms with Gasteiger partial charge in [-0.1, -0.05) is 23.7 Å². The Labute approximate surface area is 158 Å². The van der Waals surface area contributed by atoms with Crippen LogP contribution in [0.2, 0.25) is 5.02 Å². The number of carbonyl (C=O) groups excluding carboxylic acids is 1. The van der Waals surface area contributed by atoms with Crippen LogP contribution in [0.3, 0.4) is 0 Å². The molecule has 0 saturated carbocycles. The molecular weight excluding hydrogens is 376 g/mol. The van der Waals surface area contributed by atoms with E-state index in [1.54, 1.807) is 36.4 Å². The number of carbonyl (C=O) groups is 1. The molecule has 0 fully saturated rings. The van der Waals surface area contributed by atoms with E-state index in [1.165, 1.54) is 7.11 Å². The number of amides is 1. The molecule has 8 heteroatoms. The summed E-state index contributed by atoms with van der Waals surface area (Å²) in [6.07, 6.45) is 1.08. The second-order valence-corrected chi connectivity index (χ2v) is 8.16. The highest BCUT2D eigenvalue weighted by Crippen LogP contribution is 2.26. The van der Waals surface area contributed by atoms with Gasteiger partial charge in [-0.3, -0.25) is 9.10 Å².